The molecule has 0 atom stereocenters. The molecule has 1 aromatic heterocycles. The summed E-state index contributed by atoms with van der Waals surface area (Å²) in [5.41, 5.74) is 8.52. The lowest BCUT2D eigenvalue weighted by molar-refractivity contribution is 0.398. The Bertz CT molecular complexity index is 511. The first-order valence-corrected chi connectivity index (χ1v) is 5.61. The molecule has 0 saturated heterocycles. The summed E-state index contributed by atoms with van der Waals surface area (Å²) in [4.78, 5) is 4.16. The van der Waals surface area contributed by atoms with Gasteiger partial charge in [-0.1, -0.05) is 23.7 Å². The van der Waals surface area contributed by atoms with Crippen LogP contribution in [0.2, 0.25) is 5.02 Å². The highest BCUT2D eigenvalue weighted by molar-refractivity contribution is 6.31. The monoisotopic (exact) mass is 248 g/mol. The third-order valence-corrected chi connectivity index (χ3v) is 2.90. The average Bonchev–Trinajstić information content (AvgIpc) is 2.39. The SMILES string of the molecule is COc1ccc(-c2ccc(CN)c(Cl)c2)cn1. The minimum atomic E-state index is 0.444. The van der Waals surface area contributed by atoms with E-state index in [2.05, 4.69) is 4.98 Å². The molecule has 0 aliphatic heterocycles. The molecule has 0 amide bonds. The van der Waals surface area contributed by atoms with E-state index < -0.39 is 0 Å². The number of hydrogen-bond acceptors (Lipinski definition) is 3. The minimum Gasteiger partial charge on any atom is -0.481 e. The minimum absolute atomic E-state index is 0.444. The smallest absolute Gasteiger partial charge is 0.212 e. The zero-order valence-corrected chi connectivity index (χ0v) is 10.2. The van der Waals surface area contributed by atoms with Crippen LogP contribution in [0, 0.1) is 0 Å². The molecule has 0 fully saturated rings. The van der Waals surface area contributed by atoms with Crippen LogP contribution in [0.25, 0.3) is 11.1 Å². The summed E-state index contributed by atoms with van der Waals surface area (Å²) in [6, 6.07) is 9.58. The first kappa shape index (κ1) is 11.9. The molecule has 0 aliphatic carbocycles. The maximum absolute atomic E-state index is 6.11. The number of halogens is 1. The number of methoxy groups -OCH3 is 1. The van der Waals surface area contributed by atoms with E-state index in [1.807, 2.05) is 30.3 Å². The Hall–Kier alpha value is -1.58. The highest BCUT2D eigenvalue weighted by Gasteiger charge is 2.03. The third-order valence-electron chi connectivity index (χ3n) is 2.55. The van der Waals surface area contributed by atoms with Gasteiger partial charge in [0.2, 0.25) is 5.88 Å². The van der Waals surface area contributed by atoms with Gasteiger partial charge in [0, 0.05) is 29.4 Å². The van der Waals surface area contributed by atoms with Crippen LogP contribution in [0.1, 0.15) is 5.56 Å². The molecule has 1 heterocycles. The van der Waals surface area contributed by atoms with Gasteiger partial charge in [0.1, 0.15) is 0 Å². The first-order valence-electron chi connectivity index (χ1n) is 5.23. The van der Waals surface area contributed by atoms with E-state index in [1.54, 1.807) is 13.3 Å². The van der Waals surface area contributed by atoms with Crippen LogP contribution >= 0.6 is 11.6 Å². The molecule has 0 saturated carbocycles. The van der Waals surface area contributed by atoms with Crippen molar-refractivity contribution in [3.63, 3.8) is 0 Å². The molecule has 0 aliphatic rings. The van der Waals surface area contributed by atoms with Gasteiger partial charge in [-0.3, -0.25) is 0 Å². The summed E-state index contributed by atoms with van der Waals surface area (Å²) in [6.07, 6.45) is 1.76. The summed E-state index contributed by atoms with van der Waals surface area (Å²) < 4.78 is 5.01. The molecule has 17 heavy (non-hydrogen) atoms. The van der Waals surface area contributed by atoms with Crippen molar-refractivity contribution >= 4 is 11.6 Å². The van der Waals surface area contributed by atoms with Crippen molar-refractivity contribution in [1.29, 1.82) is 0 Å². The van der Waals surface area contributed by atoms with Crippen LogP contribution in [-0.4, -0.2) is 12.1 Å². The number of hydrogen-bond donors (Lipinski definition) is 1. The fourth-order valence-corrected chi connectivity index (χ4v) is 1.82. The molecule has 0 bridgehead atoms. The fourth-order valence-electron chi connectivity index (χ4n) is 1.56. The highest BCUT2D eigenvalue weighted by atomic mass is 35.5. The number of pyridine rings is 1. The summed E-state index contributed by atoms with van der Waals surface area (Å²) in [5.74, 6) is 0.596. The number of rotatable bonds is 3. The molecular weight excluding hydrogens is 236 g/mol. The maximum atomic E-state index is 6.11. The van der Waals surface area contributed by atoms with E-state index in [-0.39, 0.29) is 0 Å². The quantitative estimate of drug-likeness (QED) is 0.909. The third kappa shape index (κ3) is 2.57. The molecule has 0 spiro atoms. The predicted octanol–water partition coefficient (Wildman–Crippen LogP) is 2.87. The van der Waals surface area contributed by atoms with Gasteiger partial charge in [0.15, 0.2) is 0 Å². The van der Waals surface area contributed by atoms with Crippen molar-refractivity contribution in [1.82, 2.24) is 4.98 Å². The summed E-state index contributed by atoms with van der Waals surface area (Å²) in [6.45, 7) is 0.444. The van der Waals surface area contributed by atoms with Crippen molar-refractivity contribution in [2.75, 3.05) is 7.11 Å². The maximum Gasteiger partial charge on any atom is 0.212 e. The van der Waals surface area contributed by atoms with Crippen molar-refractivity contribution in [2.45, 2.75) is 6.54 Å². The Morgan fingerprint density at radius 3 is 2.53 bits per heavy atom. The predicted molar refractivity (Wildman–Crippen MR) is 69.1 cm³/mol. The van der Waals surface area contributed by atoms with Gasteiger partial charge in [-0.25, -0.2) is 4.98 Å². The lowest BCUT2D eigenvalue weighted by atomic mass is 10.1. The molecule has 1 aromatic carbocycles. The summed E-state index contributed by atoms with van der Waals surface area (Å²) >= 11 is 6.11. The Kier molecular flexibility index (Phi) is 3.61. The van der Waals surface area contributed by atoms with Crippen molar-refractivity contribution in [3.05, 3.63) is 47.1 Å². The Labute approximate surface area is 105 Å². The molecule has 2 rings (SSSR count). The average molecular weight is 249 g/mol. The van der Waals surface area contributed by atoms with Crippen LogP contribution in [0.15, 0.2) is 36.5 Å². The van der Waals surface area contributed by atoms with Crippen molar-refractivity contribution in [3.8, 4) is 17.0 Å². The first-order chi connectivity index (χ1) is 8.24. The number of benzene rings is 1. The Balaban J connectivity index is 2.35. The van der Waals surface area contributed by atoms with E-state index in [0.717, 1.165) is 16.7 Å². The largest absolute Gasteiger partial charge is 0.481 e. The zero-order valence-electron chi connectivity index (χ0n) is 9.48. The Morgan fingerprint density at radius 2 is 2.00 bits per heavy atom. The van der Waals surface area contributed by atoms with Crippen molar-refractivity contribution in [2.24, 2.45) is 5.73 Å². The van der Waals surface area contributed by atoms with E-state index >= 15 is 0 Å². The zero-order chi connectivity index (χ0) is 12.3. The van der Waals surface area contributed by atoms with Crippen LogP contribution in [0.3, 0.4) is 0 Å². The topological polar surface area (TPSA) is 48.1 Å². The summed E-state index contributed by atoms with van der Waals surface area (Å²) in [5, 5.41) is 0.681. The van der Waals surface area contributed by atoms with E-state index in [4.69, 9.17) is 22.1 Å². The Morgan fingerprint density at radius 1 is 1.24 bits per heavy atom. The van der Waals surface area contributed by atoms with E-state index in [0.29, 0.717) is 17.4 Å². The van der Waals surface area contributed by atoms with Gasteiger partial charge in [-0.05, 0) is 23.3 Å². The van der Waals surface area contributed by atoms with Gasteiger partial charge in [-0.15, -0.1) is 0 Å². The number of aromatic nitrogens is 1. The number of ether oxygens (including phenoxy) is 1. The van der Waals surface area contributed by atoms with Crippen LogP contribution in [0.5, 0.6) is 5.88 Å². The van der Waals surface area contributed by atoms with Gasteiger partial charge in [0.05, 0.1) is 7.11 Å². The molecule has 0 radical (unpaired) electrons. The van der Waals surface area contributed by atoms with Crippen LogP contribution < -0.4 is 10.5 Å². The second kappa shape index (κ2) is 5.17. The lowest BCUT2D eigenvalue weighted by Crippen LogP contribution is -1.97. The number of nitrogens with two attached hydrogens (primary N) is 1. The standard InChI is InChI=1S/C13H13ClN2O/c1-17-13-5-4-11(8-16-13)9-2-3-10(7-15)12(14)6-9/h2-6,8H,7,15H2,1H3. The molecule has 2 aromatic rings. The molecule has 88 valence electrons. The van der Waals surface area contributed by atoms with Crippen LogP contribution in [0.4, 0.5) is 0 Å². The normalized spacial score (nSPS) is 10.3. The molecule has 0 unspecified atom stereocenters. The molecular formula is C13H13ClN2O. The highest BCUT2D eigenvalue weighted by Crippen LogP contribution is 2.25. The van der Waals surface area contributed by atoms with Crippen LogP contribution in [-0.2, 0) is 6.54 Å². The molecule has 2 N–H and O–H groups in total. The fraction of sp³-hybridized carbons (Fsp3) is 0.154. The van der Waals surface area contributed by atoms with Gasteiger partial charge < -0.3 is 10.5 Å². The van der Waals surface area contributed by atoms with Gasteiger partial charge in [0.25, 0.3) is 0 Å². The van der Waals surface area contributed by atoms with Gasteiger partial charge >= 0.3 is 0 Å². The van der Waals surface area contributed by atoms with E-state index in [1.165, 1.54) is 0 Å². The second-order valence-electron chi connectivity index (χ2n) is 3.60. The number of nitrogens with zero attached hydrogens (tertiary/aromatic N) is 1. The molecule has 3 nitrogen and oxygen atoms in total. The van der Waals surface area contributed by atoms with Gasteiger partial charge in [-0.2, -0.15) is 0 Å². The van der Waals surface area contributed by atoms with Crippen molar-refractivity contribution < 1.29 is 4.74 Å². The molecule has 4 heteroatoms. The van der Waals surface area contributed by atoms with E-state index in [9.17, 15) is 0 Å². The lowest BCUT2D eigenvalue weighted by Gasteiger charge is -2.06. The summed E-state index contributed by atoms with van der Waals surface area (Å²) in [7, 11) is 1.59. The second-order valence-corrected chi connectivity index (χ2v) is 4.01.